The largest absolute Gasteiger partial charge is 0.384 e. The van der Waals surface area contributed by atoms with Crippen molar-refractivity contribution in [2.45, 2.75) is 18.2 Å². The SMILES string of the molecule is CCNCCCNc1cccc(SC)c1C#N. The highest BCUT2D eigenvalue weighted by molar-refractivity contribution is 7.98. The van der Waals surface area contributed by atoms with Gasteiger partial charge in [0.15, 0.2) is 0 Å². The first kappa shape index (κ1) is 13.9. The third-order valence-corrected chi connectivity index (χ3v) is 3.23. The fraction of sp³-hybridized carbons (Fsp3) is 0.462. The van der Waals surface area contributed by atoms with E-state index >= 15 is 0 Å². The molecule has 0 heterocycles. The predicted molar refractivity (Wildman–Crippen MR) is 74.6 cm³/mol. The normalized spacial score (nSPS) is 9.94. The minimum absolute atomic E-state index is 0.753. The van der Waals surface area contributed by atoms with E-state index in [1.807, 2.05) is 24.5 Å². The smallest absolute Gasteiger partial charge is 0.102 e. The summed E-state index contributed by atoms with van der Waals surface area (Å²) in [7, 11) is 0. The second kappa shape index (κ2) is 7.99. The Bertz CT molecular complexity index is 385. The van der Waals surface area contributed by atoms with Crippen molar-refractivity contribution >= 4 is 17.4 Å². The fourth-order valence-electron chi connectivity index (χ4n) is 1.58. The first-order valence-electron chi connectivity index (χ1n) is 5.85. The van der Waals surface area contributed by atoms with Gasteiger partial charge in [0.1, 0.15) is 6.07 Å². The molecule has 0 aliphatic heterocycles. The predicted octanol–water partition coefficient (Wildman–Crippen LogP) is 2.69. The van der Waals surface area contributed by atoms with Crippen molar-refractivity contribution < 1.29 is 0 Å². The Morgan fingerprint density at radius 1 is 1.35 bits per heavy atom. The van der Waals surface area contributed by atoms with E-state index < -0.39 is 0 Å². The lowest BCUT2D eigenvalue weighted by atomic mass is 10.2. The summed E-state index contributed by atoms with van der Waals surface area (Å²) < 4.78 is 0. The lowest BCUT2D eigenvalue weighted by molar-refractivity contribution is 0.688. The van der Waals surface area contributed by atoms with Crippen LogP contribution in [0.2, 0.25) is 0 Å². The average molecular weight is 249 g/mol. The summed E-state index contributed by atoms with van der Waals surface area (Å²) in [5.74, 6) is 0. The Kier molecular flexibility index (Phi) is 6.53. The van der Waals surface area contributed by atoms with E-state index in [2.05, 4.69) is 23.6 Å². The minimum atomic E-state index is 0.753. The Morgan fingerprint density at radius 3 is 2.82 bits per heavy atom. The molecular weight excluding hydrogens is 230 g/mol. The zero-order valence-electron chi connectivity index (χ0n) is 10.4. The molecular formula is C13H19N3S. The van der Waals surface area contributed by atoms with E-state index in [-0.39, 0.29) is 0 Å². The van der Waals surface area contributed by atoms with Crippen molar-refractivity contribution in [3.8, 4) is 6.07 Å². The number of benzene rings is 1. The highest BCUT2D eigenvalue weighted by Gasteiger charge is 2.05. The molecule has 1 aromatic carbocycles. The van der Waals surface area contributed by atoms with Crippen LogP contribution >= 0.6 is 11.8 Å². The van der Waals surface area contributed by atoms with E-state index in [0.717, 1.165) is 42.2 Å². The van der Waals surface area contributed by atoms with Crippen molar-refractivity contribution in [3.63, 3.8) is 0 Å². The molecule has 0 saturated heterocycles. The van der Waals surface area contributed by atoms with Gasteiger partial charge in [0.25, 0.3) is 0 Å². The Balaban J connectivity index is 2.56. The van der Waals surface area contributed by atoms with E-state index in [4.69, 9.17) is 5.26 Å². The van der Waals surface area contributed by atoms with Gasteiger partial charge in [-0.15, -0.1) is 11.8 Å². The second-order valence-corrected chi connectivity index (χ2v) is 4.48. The molecule has 0 aliphatic rings. The quantitative estimate of drug-likeness (QED) is 0.576. The Hall–Kier alpha value is -1.18. The molecule has 4 heteroatoms. The van der Waals surface area contributed by atoms with Gasteiger partial charge in [-0.25, -0.2) is 0 Å². The standard InChI is InChI=1S/C13H19N3S/c1-3-15-8-5-9-16-12-6-4-7-13(17-2)11(12)10-14/h4,6-7,15-16H,3,5,8-9H2,1-2H3. The molecule has 0 atom stereocenters. The van der Waals surface area contributed by atoms with Gasteiger partial charge in [0.05, 0.1) is 11.3 Å². The third kappa shape index (κ3) is 4.29. The highest BCUT2D eigenvalue weighted by Crippen LogP contribution is 2.26. The van der Waals surface area contributed by atoms with E-state index in [1.165, 1.54) is 0 Å². The summed E-state index contributed by atoms with van der Waals surface area (Å²) in [4.78, 5) is 1.03. The number of hydrogen-bond donors (Lipinski definition) is 2. The lowest BCUT2D eigenvalue weighted by Gasteiger charge is -2.10. The van der Waals surface area contributed by atoms with Gasteiger partial charge in [-0.2, -0.15) is 5.26 Å². The maximum atomic E-state index is 9.16. The van der Waals surface area contributed by atoms with Crippen molar-refractivity contribution in [3.05, 3.63) is 23.8 Å². The summed E-state index contributed by atoms with van der Waals surface area (Å²) in [5, 5.41) is 15.8. The van der Waals surface area contributed by atoms with Crippen LogP contribution in [0.5, 0.6) is 0 Å². The number of nitrogens with zero attached hydrogens (tertiary/aromatic N) is 1. The van der Waals surface area contributed by atoms with Crippen LogP contribution in [0.3, 0.4) is 0 Å². The Labute approximate surface area is 108 Å². The summed E-state index contributed by atoms with van der Waals surface area (Å²) in [6.45, 7) is 5.00. The van der Waals surface area contributed by atoms with Crippen molar-refractivity contribution in [2.75, 3.05) is 31.2 Å². The highest BCUT2D eigenvalue weighted by atomic mass is 32.2. The second-order valence-electron chi connectivity index (χ2n) is 3.63. The van der Waals surface area contributed by atoms with Gasteiger partial charge < -0.3 is 10.6 Å². The molecule has 0 bridgehead atoms. The summed E-state index contributed by atoms with van der Waals surface area (Å²) >= 11 is 1.61. The van der Waals surface area contributed by atoms with E-state index in [0.29, 0.717) is 0 Å². The minimum Gasteiger partial charge on any atom is -0.384 e. The maximum Gasteiger partial charge on any atom is 0.102 e. The molecule has 0 aromatic heterocycles. The van der Waals surface area contributed by atoms with Crippen LogP contribution in [0.25, 0.3) is 0 Å². The van der Waals surface area contributed by atoms with Crippen LogP contribution in [-0.2, 0) is 0 Å². The number of nitriles is 1. The van der Waals surface area contributed by atoms with Crippen LogP contribution in [0.4, 0.5) is 5.69 Å². The lowest BCUT2D eigenvalue weighted by Crippen LogP contribution is -2.17. The summed E-state index contributed by atoms with van der Waals surface area (Å²) in [6.07, 6.45) is 3.05. The maximum absolute atomic E-state index is 9.16. The fourth-order valence-corrected chi connectivity index (χ4v) is 2.15. The van der Waals surface area contributed by atoms with Gasteiger partial charge in [0, 0.05) is 11.4 Å². The van der Waals surface area contributed by atoms with Crippen molar-refractivity contribution in [2.24, 2.45) is 0 Å². The van der Waals surface area contributed by atoms with Crippen molar-refractivity contribution in [1.82, 2.24) is 5.32 Å². The van der Waals surface area contributed by atoms with Gasteiger partial charge in [-0.3, -0.25) is 0 Å². The molecule has 1 rings (SSSR count). The van der Waals surface area contributed by atoms with Gasteiger partial charge in [0.2, 0.25) is 0 Å². The molecule has 2 N–H and O–H groups in total. The molecule has 0 saturated carbocycles. The zero-order chi connectivity index (χ0) is 12.5. The molecule has 92 valence electrons. The van der Waals surface area contributed by atoms with Gasteiger partial charge in [-0.1, -0.05) is 13.0 Å². The summed E-state index contributed by atoms with van der Waals surface area (Å²) in [5.41, 5.74) is 1.69. The Morgan fingerprint density at radius 2 is 2.18 bits per heavy atom. The molecule has 3 nitrogen and oxygen atoms in total. The molecule has 0 radical (unpaired) electrons. The van der Waals surface area contributed by atoms with Gasteiger partial charge >= 0.3 is 0 Å². The van der Waals surface area contributed by atoms with Crippen molar-refractivity contribution in [1.29, 1.82) is 5.26 Å². The van der Waals surface area contributed by atoms with Crippen LogP contribution < -0.4 is 10.6 Å². The monoisotopic (exact) mass is 249 g/mol. The first-order chi connectivity index (χ1) is 8.33. The van der Waals surface area contributed by atoms with Crippen LogP contribution in [0.15, 0.2) is 23.1 Å². The number of thioether (sulfide) groups is 1. The average Bonchev–Trinajstić information content (AvgIpc) is 2.38. The van der Waals surface area contributed by atoms with E-state index in [1.54, 1.807) is 11.8 Å². The molecule has 0 aliphatic carbocycles. The zero-order valence-corrected chi connectivity index (χ0v) is 11.2. The molecule has 0 amide bonds. The third-order valence-electron chi connectivity index (χ3n) is 2.45. The number of rotatable bonds is 7. The van der Waals surface area contributed by atoms with Crippen LogP contribution in [-0.4, -0.2) is 25.9 Å². The van der Waals surface area contributed by atoms with Crippen LogP contribution in [0, 0.1) is 11.3 Å². The first-order valence-corrected chi connectivity index (χ1v) is 7.07. The molecule has 0 fully saturated rings. The molecule has 1 aromatic rings. The number of anilines is 1. The van der Waals surface area contributed by atoms with E-state index in [9.17, 15) is 0 Å². The molecule has 17 heavy (non-hydrogen) atoms. The number of nitrogens with one attached hydrogen (secondary N) is 2. The van der Waals surface area contributed by atoms with Gasteiger partial charge in [-0.05, 0) is 37.9 Å². The summed E-state index contributed by atoms with van der Waals surface area (Å²) in [6, 6.07) is 8.20. The molecule has 0 spiro atoms. The van der Waals surface area contributed by atoms with Crippen LogP contribution in [0.1, 0.15) is 18.9 Å². The molecule has 0 unspecified atom stereocenters. The number of hydrogen-bond acceptors (Lipinski definition) is 4. The topological polar surface area (TPSA) is 47.8 Å².